The zero-order valence-corrected chi connectivity index (χ0v) is 13.3. The monoisotopic (exact) mass is 333 g/mol. The molecule has 1 unspecified atom stereocenters. The molecule has 0 spiro atoms. The average molecular weight is 333 g/mol. The molecule has 1 aromatic heterocycles. The second-order valence-electron chi connectivity index (χ2n) is 5.35. The average Bonchev–Trinajstić information content (AvgIpc) is 2.95. The third kappa shape index (κ3) is 4.80. The van der Waals surface area contributed by atoms with E-state index in [1.807, 2.05) is 0 Å². The molecule has 2 rings (SSSR count). The van der Waals surface area contributed by atoms with E-state index >= 15 is 0 Å². The third-order valence-corrected chi connectivity index (χ3v) is 3.46. The second kappa shape index (κ2) is 8.09. The number of nitrogens with one attached hydrogen (secondary N) is 2. The normalized spacial score (nSPS) is 11.8. The topological polar surface area (TPSA) is 102 Å². The standard InChI is InChI=1S/C16H20FN5O2/c1-22-9-8-19-15(22)14(11-4-2-5-12(17)10-11)21-16(24)20-7-3-6-13(18)23/h2,4-5,8-10,14H,3,6-7H2,1H3,(H2,18,23)(H2,20,21,24). The van der Waals surface area contributed by atoms with E-state index < -0.39 is 23.8 Å². The fourth-order valence-corrected chi connectivity index (χ4v) is 2.29. The van der Waals surface area contributed by atoms with Gasteiger partial charge >= 0.3 is 6.03 Å². The van der Waals surface area contributed by atoms with Crippen LogP contribution in [0, 0.1) is 5.82 Å². The Labute approximate surface area is 139 Å². The van der Waals surface area contributed by atoms with Gasteiger partial charge in [-0.1, -0.05) is 12.1 Å². The quantitative estimate of drug-likeness (QED) is 0.664. The van der Waals surface area contributed by atoms with Crippen LogP contribution in [0.3, 0.4) is 0 Å². The lowest BCUT2D eigenvalue weighted by molar-refractivity contribution is -0.118. The van der Waals surface area contributed by atoms with E-state index in [1.165, 1.54) is 12.1 Å². The van der Waals surface area contributed by atoms with E-state index in [0.717, 1.165) is 0 Å². The largest absolute Gasteiger partial charge is 0.370 e. The van der Waals surface area contributed by atoms with Crippen molar-refractivity contribution in [3.63, 3.8) is 0 Å². The Morgan fingerprint density at radius 3 is 2.83 bits per heavy atom. The number of carbonyl (C=O) groups excluding carboxylic acids is 2. The van der Waals surface area contributed by atoms with Crippen molar-refractivity contribution < 1.29 is 14.0 Å². The van der Waals surface area contributed by atoms with Crippen LogP contribution in [0.1, 0.15) is 30.3 Å². The summed E-state index contributed by atoms with van der Waals surface area (Å²) in [4.78, 5) is 27.0. The van der Waals surface area contributed by atoms with Crippen molar-refractivity contribution in [1.82, 2.24) is 20.2 Å². The highest BCUT2D eigenvalue weighted by Gasteiger charge is 2.21. The predicted octanol–water partition coefficient (Wildman–Crippen LogP) is 1.21. The summed E-state index contributed by atoms with van der Waals surface area (Å²) in [5, 5.41) is 5.42. The maximum absolute atomic E-state index is 13.5. The number of hydrogen-bond donors (Lipinski definition) is 3. The number of nitrogens with zero attached hydrogens (tertiary/aromatic N) is 2. The molecule has 7 nitrogen and oxygen atoms in total. The zero-order valence-electron chi connectivity index (χ0n) is 13.3. The highest BCUT2D eigenvalue weighted by Crippen LogP contribution is 2.21. The molecule has 3 amide bonds. The Kier molecular flexibility index (Phi) is 5.89. The molecule has 128 valence electrons. The number of benzene rings is 1. The van der Waals surface area contributed by atoms with Gasteiger partial charge in [-0.15, -0.1) is 0 Å². The molecular weight excluding hydrogens is 313 g/mol. The lowest BCUT2D eigenvalue weighted by atomic mass is 10.1. The highest BCUT2D eigenvalue weighted by molar-refractivity contribution is 5.75. The van der Waals surface area contributed by atoms with E-state index in [9.17, 15) is 14.0 Å². The van der Waals surface area contributed by atoms with Crippen LogP contribution in [0.25, 0.3) is 0 Å². The van der Waals surface area contributed by atoms with Gasteiger partial charge in [0.05, 0.1) is 0 Å². The molecule has 0 bridgehead atoms. The summed E-state index contributed by atoms with van der Waals surface area (Å²) < 4.78 is 15.3. The van der Waals surface area contributed by atoms with Gasteiger partial charge in [-0.05, 0) is 24.1 Å². The molecule has 8 heteroatoms. The van der Waals surface area contributed by atoms with E-state index in [1.54, 1.807) is 36.1 Å². The van der Waals surface area contributed by atoms with Gasteiger partial charge in [0, 0.05) is 32.4 Å². The van der Waals surface area contributed by atoms with Crippen LogP contribution in [0.5, 0.6) is 0 Å². The lowest BCUT2D eigenvalue weighted by Gasteiger charge is -2.19. The van der Waals surface area contributed by atoms with Crippen molar-refractivity contribution in [3.8, 4) is 0 Å². The van der Waals surface area contributed by atoms with Crippen molar-refractivity contribution in [2.24, 2.45) is 12.8 Å². The first-order valence-electron chi connectivity index (χ1n) is 7.52. The number of imidazole rings is 1. The van der Waals surface area contributed by atoms with Gasteiger partial charge in [-0.2, -0.15) is 0 Å². The molecule has 0 aliphatic heterocycles. The number of aromatic nitrogens is 2. The van der Waals surface area contributed by atoms with E-state index in [0.29, 0.717) is 24.4 Å². The Bertz CT molecular complexity index is 716. The van der Waals surface area contributed by atoms with Gasteiger partial charge < -0.3 is 20.9 Å². The predicted molar refractivity (Wildman–Crippen MR) is 86.4 cm³/mol. The third-order valence-electron chi connectivity index (χ3n) is 3.46. The Balaban J connectivity index is 2.08. The first-order chi connectivity index (χ1) is 11.5. The number of halogens is 1. The molecule has 24 heavy (non-hydrogen) atoms. The molecule has 0 aliphatic carbocycles. The molecular formula is C16H20FN5O2. The lowest BCUT2D eigenvalue weighted by Crippen LogP contribution is -2.39. The summed E-state index contributed by atoms with van der Waals surface area (Å²) in [6.45, 7) is 0.311. The first kappa shape index (κ1) is 17.5. The Morgan fingerprint density at radius 2 is 2.21 bits per heavy atom. The van der Waals surface area contributed by atoms with Gasteiger partial charge in [0.2, 0.25) is 5.91 Å². The van der Waals surface area contributed by atoms with Crippen molar-refractivity contribution in [2.45, 2.75) is 18.9 Å². The number of rotatable bonds is 7. The molecule has 2 aromatic rings. The van der Waals surface area contributed by atoms with Crippen LogP contribution in [-0.2, 0) is 11.8 Å². The summed E-state index contributed by atoms with van der Waals surface area (Å²) >= 11 is 0. The summed E-state index contributed by atoms with van der Waals surface area (Å²) in [5.74, 6) is -0.230. The van der Waals surface area contributed by atoms with Crippen molar-refractivity contribution in [3.05, 3.63) is 53.9 Å². The molecule has 0 radical (unpaired) electrons. The van der Waals surface area contributed by atoms with E-state index in [-0.39, 0.29) is 6.42 Å². The van der Waals surface area contributed by atoms with Crippen LogP contribution in [0.15, 0.2) is 36.7 Å². The summed E-state index contributed by atoms with van der Waals surface area (Å²) in [6.07, 6.45) is 4.00. The van der Waals surface area contributed by atoms with Crippen LogP contribution in [-0.4, -0.2) is 28.0 Å². The summed E-state index contributed by atoms with van der Waals surface area (Å²) in [5.41, 5.74) is 5.63. The zero-order chi connectivity index (χ0) is 17.5. The molecule has 0 saturated heterocycles. The second-order valence-corrected chi connectivity index (χ2v) is 5.35. The number of primary amides is 1. The number of hydrogen-bond acceptors (Lipinski definition) is 3. The van der Waals surface area contributed by atoms with E-state index in [4.69, 9.17) is 5.73 Å². The number of aryl methyl sites for hydroxylation is 1. The van der Waals surface area contributed by atoms with Crippen LogP contribution in [0.2, 0.25) is 0 Å². The summed E-state index contributed by atoms with van der Waals surface area (Å²) in [7, 11) is 1.79. The van der Waals surface area contributed by atoms with Gasteiger partial charge in [-0.3, -0.25) is 4.79 Å². The molecule has 1 atom stereocenters. The Hall–Kier alpha value is -2.90. The molecule has 4 N–H and O–H groups in total. The van der Waals surface area contributed by atoms with Crippen LogP contribution < -0.4 is 16.4 Å². The number of urea groups is 1. The number of amides is 3. The Morgan fingerprint density at radius 1 is 1.42 bits per heavy atom. The minimum atomic E-state index is -0.600. The molecule has 1 heterocycles. The SMILES string of the molecule is Cn1ccnc1C(NC(=O)NCCCC(N)=O)c1cccc(F)c1. The van der Waals surface area contributed by atoms with E-state index in [2.05, 4.69) is 15.6 Å². The maximum atomic E-state index is 13.5. The minimum Gasteiger partial charge on any atom is -0.370 e. The van der Waals surface area contributed by atoms with Gasteiger partial charge in [0.1, 0.15) is 17.7 Å². The molecule has 0 saturated carbocycles. The minimum absolute atomic E-state index is 0.201. The maximum Gasteiger partial charge on any atom is 0.315 e. The number of carbonyl (C=O) groups is 2. The number of nitrogens with two attached hydrogens (primary N) is 1. The smallest absolute Gasteiger partial charge is 0.315 e. The highest BCUT2D eigenvalue weighted by atomic mass is 19.1. The van der Waals surface area contributed by atoms with Crippen molar-refractivity contribution in [1.29, 1.82) is 0 Å². The molecule has 1 aromatic carbocycles. The van der Waals surface area contributed by atoms with Crippen molar-refractivity contribution in [2.75, 3.05) is 6.54 Å². The molecule has 0 aliphatic rings. The first-order valence-corrected chi connectivity index (χ1v) is 7.52. The van der Waals surface area contributed by atoms with Gasteiger partial charge in [0.25, 0.3) is 0 Å². The van der Waals surface area contributed by atoms with Gasteiger partial charge in [0.15, 0.2) is 0 Å². The molecule has 0 fully saturated rings. The van der Waals surface area contributed by atoms with Crippen molar-refractivity contribution >= 4 is 11.9 Å². The summed E-state index contributed by atoms with van der Waals surface area (Å²) in [6, 6.07) is 4.95. The van der Waals surface area contributed by atoms with Gasteiger partial charge in [-0.25, -0.2) is 14.2 Å². The fraction of sp³-hybridized carbons (Fsp3) is 0.312. The van der Waals surface area contributed by atoms with Crippen LogP contribution in [0.4, 0.5) is 9.18 Å². The van der Waals surface area contributed by atoms with Crippen LogP contribution >= 0.6 is 0 Å². The fourth-order valence-electron chi connectivity index (χ4n) is 2.29.